The van der Waals surface area contributed by atoms with Crippen molar-refractivity contribution >= 4 is 38.2 Å². The summed E-state index contributed by atoms with van der Waals surface area (Å²) < 4.78 is 46.1. The molecule has 7 rings (SSSR count). The maximum absolute atomic E-state index is 16.0. The summed E-state index contributed by atoms with van der Waals surface area (Å²) in [5.41, 5.74) is 4.82. The maximum Gasteiger partial charge on any atom is 0.246 e. The lowest BCUT2D eigenvalue weighted by atomic mass is 9.96. The lowest BCUT2D eigenvalue weighted by Crippen LogP contribution is -2.32. The number of aryl methyl sites for hydroxylation is 1. The van der Waals surface area contributed by atoms with Gasteiger partial charge in [0.1, 0.15) is 35.4 Å². The molecule has 1 amide bonds. The summed E-state index contributed by atoms with van der Waals surface area (Å²) in [5.74, 6) is -1.60. The van der Waals surface area contributed by atoms with E-state index in [9.17, 15) is 9.18 Å². The molecule has 1 aliphatic rings. The number of methoxy groups -OCH3 is 1. The van der Waals surface area contributed by atoms with E-state index in [1.807, 2.05) is 53.6 Å². The molecule has 12 heteroatoms. The van der Waals surface area contributed by atoms with Gasteiger partial charge in [-0.05, 0) is 29.7 Å². The minimum Gasteiger partial charge on any atom is -0.490 e. The predicted octanol–water partition coefficient (Wildman–Crippen LogP) is 6.25. The van der Waals surface area contributed by atoms with E-state index in [0.717, 1.165) is 38.3 Å². The monoisotopic (exact) mass is 640 g/mol. The van der Waals surface area contributed by atoms with Crippen molar-refractivity contribution in [2.24, 2.45) is 7.05 Å². The Morgan fingerprint density at radius 1 is 1.04 bits per heavy atom. The third kappa shape index (κ3) is 5.33. The molecule has 0 unspecified atom stereocenters. The highest BCUT2D eigenvalue weighted by atomic mass is 32.1. The predicted molar refractivity (Wildman–Crippen MR) is 174 cm³/mol. The quantitative estimate of drug-likeness (QED) is 0.144. The number of fused-ring (bicyclic) bond motifs is 3. The Morgan fingerprint density at radius 2 is 1.91 bits per heavy atom. The largest absolute Gasteiger partial charge is 0.490 e. The van der Waals surface area contributed by atoms with Crippen LogP contribution in [0.25, 0.3) is 54.8 Å². The Labute approximate surface area is 267 Å². The molecule has 234 valence electrons. The molecule has 4 aromatic heterocycles. The van der Waals surface area contributed by atoms with Crippen LogP contribution in [0.1, 0.15) is 5.69 Å². The lowest BCUT2D eigenvalue weighted by molar-refractivity contribution is -0.126. The van der Waals surface area contributed by atoms with Gasteiger partial charge in [-0.15, -0.1) is 11.3 Å². The van der Waals surface area contributed by atoms with Crippen LogP contribution in [0.4, 0.5) is 8.78 Å². The summed E-state index contributed by atoms with van der Waals surface area (Å²) in [6.07, 6.45) is 3.84. The molecule has 0 spiro atoms. The summed E-state index contributed by atoms with van der Waals surface area (Å²) in [5, 5.41) is 13.3. The molecule has 9 nitrogen and oxygen atoms in total. The van der Waals surface area contributed by atoms with Gasteiger partial charge in [0.25, 0.3) is 0 Å². The van der Waals surface area contributed by atoms with Crippen molar-refractivity contribution in [3.05, 3.63) is 84.0 Å². The van der Waals surface area contributed by atoms with Crippen LogP contribution in [0.5, 0.6) is 5.75 Å². The second kappa shape index (κ2) is 12.1. The van der Waals surface area contributed by atoms with Crippen LogP contribution < -0.4 is 4.74 Å². The van der Waals surface area contributed by atoms with E-state index in [4.69, 9.17) is 19.6 Å². The number of rotatable bonds is 8. The summed E-state index contributed by atoms with van der Waals surface area (Å²) >= 11 is 1.44. The Bertz CT molecular complexity index is 2110. The van der Waals surface area contributed by atoms with Crippen LogP contribution >= 0.6 is 11.3 Å². The van der Waals surface area contributed by atoms with E-state index in [-0.39, 0.29) is 30.4 Å². The summed E-state index contributed by atoms with van der Waals surface area (Å²) in [6, 6.07) is 11.9. The molecule has 0 bridgehead atoms. The van der Waals surface area contributed by atoms with Gasteiger partial charge in [-0.3, -0.25) is 14.2 Å². The van der Waals surface area contributed by atoms with Gasteiger partial charge < -0.3 is 14.4 Å². The Hall–Kier alpha value is -4.94. The fourth-order valence-corrected chi connectivity index (χ4v) is 6.93. The molecular formula is C34H30F2N6O3S. The van der Waals surface area contributed by atoms with Gasteiger partial charge in [0.05, 0.1) is 29.9 Å². The van der Waals surface area contributed by atoms with Crippen molar-refractivity contribution in [3.63, 3.8) is 0 Å². The van der Waals surface area contributed by atoms with Crippen LogP contribution in [-0.4, -0.2) is 68.8 Å². The second-order valence-electron chi connectivity index (χ2n) is 11.0. The van der Waals surface area contributed by atoms with E-state index in [1.54, 1.807) is 9.58 Å². The van der Waals surface area contributed by atoms with Gasteiger partial charge in [-0.2, -0.15) is 10.2 Å². The number of hydrogen-bond donors (Lipinski definition) is 0. The number of hydrogen-bond acceptors (Lipinski definition) is 7. The van der Waals surface area contributed by atoms with E-state index in [0.29, 0.717) is 48.7 Å². The van der Waals surface area contributed by atoms with Crippen LogP contribution in [-0.2, 0) is 29.5 Å². The maximum atomic E-state index is 16.0. The summed E-state index contributed by atoms with van der Waals surface area (Å²) in [4.78, 5) is 19.2. The van der Waals surface area contributed by atoms with Crippen LogP contribution in [0.2, 0.25) is 0 Å². The Morgan fingerprint density at radius 3 is 2.74 bits per heavy atom. The number of carbonyl (C=O) groups is 1. The van der Waals surface area contributed by atoms with Crippen LogP contribution in [0, 0.1) is 11.6 Å². The van der Waals surface area contributed by atoms with Gasteiger partial charge in [-0.25, -0.2) is 13.8 Å². The smallest absolute Gasteiger partial charge is 0.246 e. The number of thiophene rings is 1. The zero-order chi connectivity index (χ0) is 31.9. The number of amides is 1. The van der Waals surface area contributed by atoms with Crippen molar-refractivity contribution in [1.82, 2.24) is 29.4 Å². The average Bonchev–Trinajstić information content (AvgIpc) is 3.75. The van der Waals surface area contributed by atoms with Gasteiger partial charge in [-0.1, -0.05) is 18.7 Å². The van der Waals surface area contributed by atoms with Crippen molar-refractivity contribution in [1.29, 1.82) is 0 Å². The van der Waals surface area contributed by atoms with Gasteiger partial charge in [0.15, 0.2) is 0 Å². The SMILES string of the molecule is C=CC(=O)N1CCc2cc(-c3nc(-c4ccc5cn(C)nc5c4)c4ccsc4c3-c3c(F)cc(F)cc3OCCOC)nn2CC1. The van der Waals surface area contributed by atoms with E-state index < -0.39 is 11.6 Å². The molecule has 1 aliphatic heterocycles. The zero-order valence-electron chi connectivity index (χ0n) is 25.3. The molecule has 0 aliphatic carbocycles. The first-order valence-electron chi connectivity index (χ1n) is 14.8. The molecule has 0 saturated carbocycles. The molecule has 5 heterocycles. The van der Waals surface area contributed by atoms with Gasteiger partial charge >= 0.3 is 0 Å². The lowest BCUT2D eigenvalue weighted by Gasteiger charge is -2.18. The molecule has 46 heavy (non-hydrogen) atoms. The summed E-state index contributed by atoms with van der Waals surface area (Å²) in [6.45, 7) is 5.42. The Balaban J connectivity index is 1.46. The number of pyridine rings is 1. The number of benzene rings is 2. The zero-order valence-corrected chi connectivity index (χ0v) is 26.1. The first-order valence-corrected chi connectivity index (χ1v) is 15.7. The Kier molecular flexibility index (Phi) is 7.83. The summed E-state index contributed by atoms with van der Waals surface area (Å²) in [7, 11) is 3.41. The molecule has 0 fully saturated rings. The van der Waals surface area contributed by atoms with E-state index in [1.165, 1.54) is 30.6 Å². The standard InChI is InChI=1S/C34H30F2N6O3S/c1-4-29(43)41-9-7-23-18-27(39-42(23)11-10-41)33-31(30-25(36)16-22(35)17-28(30)45-13-12-44-3)34-24(8-14-46-34)32(37-33)20-5-6-21-19-40(2)38-26(21)15-20/h4-6,8,14-19H,1,7,9-13H2,2-3H3. The van der Waals surface area contributed by atoms with Crippen molar-refractivity contribution in [2.45, 2.75) is 13.0 Å². The van der Waals surface area contributed by atoms with Crippen molar-refractivity contribution < 1.29 is 23.0 Å². The highest BCUT2D eigenvalue weighted by Crippen LogP contribution is 2.47. The first-order chi connectivity index (χ1) is 22.3. The van der Waals surface area contributed by atoms with Gasteiger partial charge in [0, 0.05) is 84.3 Å². The van der Waals surface area contributed by atoms with Gasteiger partial charge in [0.2, 0.25) is 5.91 Å². The van der Waals surface area contributed by atoms with Crippen molar-refractivity contribution in [3.8, 4) is 39.5 Å². The number of ether oxygens (including phenoxy) is 2. The number of carbonyl (C=O) groups excluding carboxylic acids is 1. The molecule has 0 atom stereocenters. The fraction of sp³-hybridized carbons (Fsp3) is 0.235. The highest BCUT2D eigenvalue weighted by molar-refractivity contribution is 7.18. The molecule has 0 N–H and O–H groups in total. The van der Waals surface area contributed by atoms with Crippen molar-refractivity contribution in [2.75, 3.05) is 33.4 Å². The third-order valence-electron chi connectivity index (χ3n) is 8.13. The molecule has 2 aromatic carbocycles. The van der Waals surface area contributed by atoms with E-state index >= 15 is 4.39 Å². The third-order valence-corrected chi connectivity index (χ3v) is 9.06. The number of halogens is 2. The van der Waals surface area contributed by atoms with Crippen LogP contribution in [0.15, 0.2) is 66.7 Å². The highest BCUT2D eigenvalue weighted by Gasteiger charge is 2.28. The molecule has 6 aromatic rings. The molecular weight excluding hydrogens is 610 g/mol. The second-order valence-corrected chi connectivity index (χ2v) is 12.0. The minimum atomic E-state index is -0.771. The van der Waals surface area contributed by atoms with Crippen LogP contribution in [0.3, 0.4) is 0 Å². The number of nitrogens with zero attached hydrogens (tertiary/aromatic N) is 6. The first kappa shape index (κ1) is 29.8. The normalized spacial score (nSPS) is 13.3. The minimum absolute atomic E-state index is 0.0503. The number of aromatic nitrogens is 5. The molecule has 0 radical (unpaired) electrons. The average molecular weight is 641 g/mol. The topological polar surface area (TPSA) is 87.3 Å². The van der Waals surface area contributed by atoms with E-state index in [2.05, 4.69) is 11.7 Å². The molecule has 0 saturated heterocycles. The fourth-order valence-electron chi connectivity index (χ4n) is 5.98.